The molecule has 1 saturated carbocycles. The number of halogens is 1. The first kappa shape index (κ1) is 20.2. The van der Waals surface area contributed by atoms with Gasteiger partial charge in [0, 0.05) is 18.2 Å². The summed E-state index contributed by atoms with van der Waals surface area (Å²) in [5.74, 6) is -1.38. The number of amides is 1. The van der Waals surface area contributed by atoms with Crippen molar-refractivity contribution in [1.29, 1.82) is 0 Å². The van der Waals surface area contributed by atoms with Crippen molar-refractivity contribution in [2.24, 2.45) is 5.92 Å². The highest BCUT2D eigenvalue weighted by Gasteiger charge is 2.26. The summed E-state index contributed by atoms with van der Waals surface area (Å²) in [6.07, 6.45) is 6.40. The minimum atomic E-state index is -0.623. The van der Waals surface area contributed by atoms with E-state index < -0.39 is 17.8 Å². The van der Waals surface area contributed by atoms with E-state index in [-0.39, 0.29) is 29.5 Å². The van der Waals surface area contributed by atoms with Gasteiger partial charge in [0.05, 0.1) is 18.0 Å². The lowest BCUT2D eigenvalue weighted by atomic mass is 9.82. The minimum Gasteiger partial charge on any atom is -0.393 e. The van der Waals surface area contributed by atoms with E-state index in [1.54, 1.807) is 10.6 Å². The number of hydrogen-bond acceptors (Lipinski definition) is 4. The lowest BCUT2D eigenvalue weighted by Crippen LogP contribution is -2.26. The Hall–Kier alpha value is -3.06. The van der Waals surface area contributed by atoms with E-state index in [0.29, 0.717) is 17.6 Å². The van der Waals surface area contributed by atoms with Crippen LogP contribution in [0.4, 0.5) is 10.1 Å². The van der Waals surface area contributed by atoms with Crippen molar-refractivity contribution >= 4 is 23.0 Å². The van der Waals surface area contributed by atoms with Crippen molar-refractivity contribution in [2.45, 2.75) is 45.1 Å². The van der Waals surface area contributed by atoms with Gasteiger partial charge in [-0.15, -0.1) is 0 Å². The quantitative estimate of drug-likeness (QED) is 0.620. The second-order valence-corrected chi connectivity index (χ2v) is 7.96. The molecule has 0 radical (unpaired) electrons. The number of nitrogens with zero attached hydrogens (tertiary/aromatic N) is 2. The molecule has 156 valence electrons. The maximum Gasteiger partial charge on any atom is 0.274 e. The normalized spacial score (nSPS) is 19.0. The van der Waals surface area contributed by atoms with E-state index in [2.05, 4.69) is 10.3 Å². The van der Waals surface area contributed by atoms with Crippen molar-refractivity contribution in [3.8, 4) is 0 Å². The molecule has 30 heavy (non-hydrogen) atoms. The Morgan fingerprint density at radius 1 is 1.23 bits per heavy atom. The molecule has 1 fully saturated rings. The SMILES string of the molecule is Cc1ccn2c(C(=O)Nc3cc(C(=O)C[C@H]4CCCC[C@@H]4O)ccc3F)cnc2c1. The fourth-order valence-electron chi connectivity index (χ4n) is 4.01. The van der Waals surface area contributed by atoms with Crippen molar-refractivity contribution in [3.05, 3.63) is 65.4 Å². The predicted molar refractivity (Wildman–Crippen MR) is 111 cm³/mol. The van der Waals surface area contributed by atoms with Gasteiger partial charge in [-0.05, 0) is 61.6 Å². The number of nitrogens with one attached hydrogen (secondary N) is 1. The Labute approximate surface area is 173 Å². The molecule has 0 bridgehead atoms. The lowest BCUT2D eigenvalue weighted by molar-refractivity contribution is 0.0583. The number of aliphatic hydroxyl groups excluding tert-OH is 1. The summed E-state index contributed by atoms with van der Waals surface area (Å²) in [7, 11) is 0. The zero-order chi connectivity index (χ0) is 21.3. The van der Waals surface area contributed by atoms with Crippen LogP contribution in [0.1, 0.15) is 58.5 Å². The summed E-state index contributed by atoms with van der Waals surface area (Å²) in [5.41, 5.74) is 2.16. The molecule has 2 aromatic heterocycles. The van der Waals surface area contributed by atoms with E-state index in [1.807, 2.05) is 19.1 Å². The fourth-order valence-corrected chi connectivity index (χ4v) is 4.01. The molecule has 4 rings (SSSR count). The summed E-state index contributed by atoms with van der Waals surface area (Å²) >= 11 is 0. The molecule has 2 heterocycles. The summed E-state index contributed by atoms with van der Waals surface area (Å²) in [6, 6.07) is 7.65. The third-order valence-electron chi connectivity index (χ3n) is 5.75. The zero-order valence-electron chi connectivity index (χ0n) is 16.8. The number of fused-ring (bicyclic) bond motifs is 1. The van der Waals surface area contributed by atoms with Crippen LogP contribution in [0, 0.1) is 18.7 Å². The number of carbonyl (C=O) groups is 2. The van der Waals surface area contributed by atoms with Crippen LogP contribution in [0.25, 0.3) is 5.65 Å². The molecule has 3 aromatic rings. The number of hydrogen-bond donors (Lipinski definition) is 2. The number of rotatable bonds is 5. The molecule has 2 atom stereocenters. The first-order chi connectivity index (χ1) is 14.4. The van der Waals surface area contributed by atoms with Gasteiger partial charge in [0.15, 0.2) is 5.78 Å². The van der Waals surface area contributed by atoms with Gasteiger partial charge in [0.1, 0.15) is 17.2 Å². The Bertz CT molecular complexity index is 1110. The van der Waals surface area contributed by atoms with E-state index >= 15 is 0 Å². The van der Waals surface area contributed by atoms with Gasteiger partial charge in [-0.3, -0.25) is 14.0 Å². The van der Waals surface area contributed by atoms with Crippen molar-refractivity contribution in [3.63, 3.8) is 0 Å². The van der Waals surface area contributed by atoms with Crippen LogP contribution in [0.3, 0.4) is 0 Å². The van der Waals surface area contributed by atoms with E-state index in [9.17, 15) is 19.1 Å². The largest absolute Gasteiger partial charge is 0.393 e. The monoisotopic (exact) mass is 409 g/mol. The van der Waals surface area contributed by atoms with Crippen LogP contribution < -0.4 is 5.32 Å². The number of imidazole rings is 1. The summed E-state index contributed by atoms with van der Waals surface area (Å²) < 4.78 is 16.0. The highest BCUT2D eigenvalue weighted by atomic mass is 19.1. The Morgan fingerprint density at radius 3 is 2.83 bits per heavy atom. The van der Waals surface area contributed by atoms with Crippen molar-refractivity contribution < 1.29 is 19.1 Å². The average molecular weight is 409 g/mol. The highest BCUT2D eigenvalue weighted by molar-refractivity contribution is 6.04. The number of aromatic nitrogens is 2. The second-order valence-electron chi connectivity index (χ2n) is 7.96. The summed E-state index contributed by atoms with van der Waals surface area (Å²) in [5, 5.41) is 12.7. The first-order valence-corrected chi connectivity index (χ1v) is 10.2. The first-order valence-electron chi connectivity index (χ1n) is 10.2. The van der Waals surface area contributed by atoms with Gasteiger partial charge < -0.3 is 10.4 Å². The van der Waals surface area contributed by atoms with E-state index in [0.717, 1.165) is 24.8 Å². The summed E-state index contributed by atoms with van der Waals surface area (Å²) in [4.78, 5) is 29.6. The second kappa shape index (κ2) is 8.36. The lowest BCUT2D eigenvalue weighted by Gasteiger charge is -2.26. The molecule has 0 aliphatic heterocycles. The number of Topliss-reactive ketones (excluding diaryl/α,β-unsaturated/α-hetero) is 1. The van der Waals surface area contributed by atoms with Gasteiger partial charge in [0.2, 0.25) is 0 Å². The molecule has 7 heteroatoms. The van der Waals surface area contributed by atoms with Gasteiger partial charge in [-0.1, -0.05) is 12.8 Å². The molecule has 0 spiro atoms. The Balaban J connectivity index is 1.52. The van der Waals surface area contributed by atoms with Crippen LogP contribution in [-0.2, 0) is 0 Å². The Morgan fingerprint density at radius 2 is 2.03 bits per heavy atom. The Kier molecular flexibility index (Phi) is 5.63. The van der Waals surface area contributed by atoms with E-state index in [1.165, 1.54) is 24.4 Å². The maximum atomic E-state index is 14.3. The molecule has 6 nitrogen and oxygen atoms in total. The zero-order valence-corrected chi connectivity index (χ0v) is 16.8. The highest BCUT2D eigenvalue weighted by Crippen LogP contribution is 2.29. The van der Waals surface area contributed by atoms with Crippen LogP contribution in [0.5, 0.6) is 0 Å². The molecule has 0 saturated heterocycles. The maximum absolute atomic E-state index is 14.3. The molecule has 1 amide bonds. The number of aryl methyl sites for hydroxylation is 1. The minimum absolute atomic E-state index is 0.0582. The van der Waals surface area contributed by atoms with Gasteiger partial charge in [-0.2, -0.15) is 0 Å². The van der Waals surface area contributed by atoms with Gasteiger partial charge in [-0.25, -0.2) is 9.37 Å². The number of aliphatic hydroxyl groups is 1. The van der Waals surface area contributed by atoms with Crippen LogP contribution in [-0.4, -0.2) is 32.3 Å². The van der Waals surface area contributed by atoms with Crippen LogP contribution >= 0.6 is 0 Å². The van der Waals surface area contributed by atoms with Crippen LogP contribution in [0.2, 0.25) is 0 Å². The fraction of sp³-hybridized carbons (Fsp3) is 0.348. The number of ketones is 1. The molecule has 1 aliphatic carbocycles. The van der Waals surface area contributed by atoms with Crippen molar-refractivity contribution in [1.82, 2.24) is 9.38 Å². The molecular weight excluding hydrogens is 385 g/mol. The molecule has 1 aromatic carbocycles. The standard InChI is InChI=1S/C23H24FN3O3/c1-14-8-9-27-19(13-25-22(27)10-14)23(30)26-18-11-16(6-7-17(18)24)21(29)12-15-4-2-3-5-20(15)28/h6-11,13,15,20,28H,2-5,12H2,1H3,(H,26,30)/t15-,20+/m1/s1. The van der Waals surface area contributed by atoms with Crippen molar-refractivity contribution in [2.75, 3.05) is 5.32 Å². The van der Waals surface area contributed by atoms with Gasteiger partial charge >= 0.3 is 0 Å². The smallest absolute Gasteiger partial charge is 0.274 e. The number of carbonyl (C=O) groups excluding carboxylic acids is 2. The topological polar surface area (TPSA) is 83.7 Å². The van der Waals surface area contributed by atoms with E-state index in [4.69, 9.17) is 0 Å². The molecule has 1 aliphatic rings. The molecule has 0 unspecified atom stereocenters. The third kappa shape index (κ3) is 4.11. The number of benzene rings is 1. The van der Waals surface area contributed by atoms with Gasteiger partial charge in [0.25, 0.3) is 5.91 Å². The number of pyridine rings is 1. The molecular formula is C23H24FN3O3. The molecule has 2 N–H and O–H groups in total. The average Bonchev–Trinajstić information content (AvgIpc) is 3.14. The van der Waals surface area contributed by atoms with Crippen LogP contribution in [0.15, 0.2) is 42.7 Å². The third-order valence-corrected chi connectivity index (χ3v) is 5.75. The number of anilines is 1. The summed E-state index contributed by atoms with van der Waals surface area (Å²) in [6.45, 7) is 1.93. The predicted octanol–water partition coefficient (Wildman–Crippen LogP) is 4.16.